The molecule has 1 aliphatic heterocycles. The summed E-state index contributed by atoms with van der Waals surface area (Å²) in [5, 5.41) is 10.9. The van der Waals surface area contributed by atoms with Crippen molar-refractivity contribution in [2.45, 2.75) is 37.1 Å². The summed E-state index contributed by atoms with van der Waals surface area (Å²) in [6.07, 6.45) is 2.03. The lowest BCUT2D eigenvalue weighted by atomic mass is 9.51. The smallest absolute Gasteiger partial charge is 0.199 e. The Morgan fingerprint density at radius 2 is 2.08 bits per heavy atom. The first kappa shape index (κ1) is 16.1. The van der Waals surface area contributed by atoms with E-state index in [0.717, 1.165) is 35.0 Å². The van der Waals surface area contributed by atoms with Gasteiger partial charge in [-0.25, -0.2) is 0 Å². The van der Waals surface area contributed by atoms with Gasteiger partial charge < -0.3 is 14.7 Å². The molecule has 2 bridgehead atoms. The van der Waals surface area contributed by atoms with Crippen LogP contribution in [0.4, 0.5) is 0 Å². The van der Waals surface area contributed by atoms with E-state index < -0.39 is 5.41 Å². The third kappa shape index (κ3) is 1.96. The molecule has 1 aromatic carbocycles. The highest BCUT2D eigenvalue weighted by molar-refractivity contribution is 9.10. The number of ketones is 2. The van der Waals surface area contributed by atoms with Gasteiger partial charge in [0.05, 0.1) is 11.6 Å². The number of carbonyl (C=O) groups excluding carboxylic acids is 2. The molecule has 5 nitrogen and oxygen atoms in total. The Kier molecular flexibility index (Phi) is 3.55. The van der Waals surface area contributed by atoms with E-state index in [2.05, 4.69) is 27.9 Å². The lowest BCUT2D eigenvalue weighted by Crippen LogP contribution is -2.62. The molecule has 6 heteroatoms. The van der Waals surface area contributed by atoms with Crippen molar-refractivity contribution in [2.75, 3.05) is 20.7 Å². The van der Waals surface area contributed by atoms with Crippen molar-refractivity contribution in [3.05, 3.63) is 21.7 Å². The van der Waals surface area contributed by atoms with Gasteiger partial charge >= 0.3 is 0 Å². The average Bonchev–Trinajstić information content (AvgIpc) is 2.52. The topological polar surface area (TPSA) is 66.8 Å². The fourth-order valence-corrected chi connectivity index (χ4v) is 5.78. The van der Waals surface area contributed by atoms with Crippen LogP contribution in [0.2, 0.25) is 0 Å². The molecule has 3 atom stereocenters. The first-order valence-electron chi connectivity index (χ1n) is 8.24. The maximum atomic E-state index is 12.3. The quantitative estimate of drug-likeness (QED) is 0.740. The summed E-state index contributed by atoms with van der Waals surface area (Å²) < 4.78 is 6.08. The molecular weight excluding hydrogens is 374 g/mol. The summed E-state index contributed by atoms with van der Waals surface area (Å²) in [7, 11) is 3.61. The highest BCUT2D eigenvalue weighted by Crippen LogP contribution is 2.58. The lowest BCUT2D eigenvalue weighted by Gasteiger charge is -2.57. The number of phenolic OH excluding ortho intramolecular Hbond substituents is 1. The van der Waals surface area contributed by atoms with Crippen molar-refractivity contribution < 1.29 is 19.4 Å². The zero-order chi connectivity index (χ0) is 17.2. The number of fused-ring (bicyclic) bond motifs is 1. The van der Waals surface area contributed by atoms with Crippen molar-refractivity contribution in [2.24, 2.45) is 5.92 Å². The number of likely N-dealkylation sites (tertiary alicyclic amines) is 1. The van der Waals surface area contributed by atoms with Crippen molar-refractivity contribution in [3.63, 3.8) is 0 Å². The zero-order valence-corrected chi connectivity index (χ0v) is 15.4. The fourth-order valence-electron chi connectivity index (χ4n) is 5.15. The van der Waals surface area contributed by atoms with Crippen LogP contribution in [-0.2, 0) is 21.4 Å². The second-order valence-electron chi connectivity index (χ2n) is 7.27. The summed E-state index contributed by atoms with van der Waals surface area (Å²) in [5.74, 6) is 0.0398. The van der Waals surface area contributed by atoms with Crippen LogP contribution < -0.4 is 4.74 Å². The van der Waals surface area contributed by atoms with E-state index in [-0.39, 0.29) is 42.1 Å². The van der Waals surface area contributed by atoms with Crippen LogP contribution >= 0.6 is 15.9 Å². The number of phenols is 1. The summed E-state index contributed by atoms with van der Waals surface area (Å²) in [6.45, 7) is 0.861. The second kappa shape index (κ2) is 5.30. The molecule has 0 radical (unpaired) electrons. The molecule has 0 spiro atoms. The van der Waals surface area contributed by atoms with Gasteiger partial charge in [-0.05, 0) is 59.9 Å². The molecule has 2 aliphatic carbocycles. The Hall–Kier alpha value is -1.40. The van der Waals surface area contributed by atoms with Crippen LogP contribution in [0.3, 0.4) is 0 Å². The van der Waals surface area contributed by atoms with Crippen LogP contribution in [0, 0.1) is 5.92 Å². The molecule has 0 amide bonds. The predicted octanol–water partition coefficient (Wildman–Crippen LogP) is 2.21. The van der Waals surface area contributed by atoms with Crippen molar-refractivity contribution in [3.8, 4) is 11.5 Å². The number of benzene rings is 1. The minimum atomic E-state index is -0.451. The van der Waals surface area contributed by atoms with Crippen molar-refractivity contribution >= 4 is 27.5 Å². The summed E-state index contributed by atoms with van der Waals surface area (Å²) in [6, 6.07) is 2.22. The number of aromatic hydroxyl groups is 1. The molecule has 1 N–H and O–H groups in total. The predicted molar refractivity (Wildman–Crippen MR) is 91.5 cm³/mol. The van der Waals surface area contributed by atoms with Gasteiger partial charge in [-0.1, -0.05) is 0 Å². The van der Waals surface area contributed by atoms with Crippen LogP contribution in [-0.4, -0.2) is 48.3 Å². The highest BCUT2D eigenvalue weighted by atomic mass is 79.9. The molecule has 1 aromatic rings. The highest BCUT2D eigenvalue weighted by Gasteiger charge is 2.58. The molecule has 24 heavy (non-hydrogen) atoms. The Labute approximate surface area is 149 Å². The number of methoxy groups -OCH3 is 1. The maximum Gasteiger partial charge on any atom is 0.199 e. The number of nitrogens with zero attached hydrogens (tertiary/aromatic N) is 1. The fraction of sp³-hybridized carbons (Fsp3) is 0.556. The molecule has 2 fully saturated rings. The summed E-state index contributed by atoms with van der Waals surface area (Å²) in [4.78, 5) is 26.7. The van der Waals surface area contributed by atoms with Gasteiger partial charge in [0.15, 0.2) is 23.1 Å². The summed E-state index contributed by atoms with van der Waals surface area (Å²) >= 11 is 3.47. The van der Waals surface area contributed by atoms with Gasteiger partial charge in [0.2, 0.25) is 0 Å². The molecule has 128 valence electrons. The molecule has 3 unspecified atom stereocenters. The third-order valence-corrected chi connectivity index (χ3v) is 6.85. The minimum absolute atomic E-state index is 0.0748. The van der Waals surface area contributed by atoms with Crippen LogP contribution in [0.15, 0.2) is 10.5 Å². The number of piperidine rings is 1. The van der Waals surface area contributed by atoms with E-state index in [9.17, 15) is 14.7 Å². The van der Waals surface area contributed by atoms with E-state index >= 15 is 0 Å². The lowest BCUT2D eigenvalue weighted by molar-refractivity contribution is -0.144. The number of hydrogen-bond donors (Lipinski definition) is 1. The second-order valence-corrected chi connectivity index (χ2v) is 8.12. The number of likely N-dealkylation sites (N-methyl/N-ethyl adjacent to an activating group) is 1. The minimum Gasteiger partial charge on any atom is -0.504 e. The van der Waals surface area contributed by atoms with E-state index in [1.54, 1.807) is 0 Å². The van der Waals surface area contributed by atoms with Gasteiger partial charge in [0.25, 0.3) is 0 Å². The molecule has 3 aliphatic rings. The Morgan fingerprint density at radius 3 is 2.79 bits per heavy atom. The van der Waals surface area contributed by atoms with Crippen LogP contribution in [0.5, 0.6) is 11.5 Å². The monoisotopic (exact) mass is 393 g/mol. The van der Waals surface area contributed by atoms with E-state index in [0.29, 0.717) is 5.75 Å². The first-order valence-corrected chi connectivity index (χ1v) is 9.03. The molecule has 1 saturated carbocycles. The van der Waals surface area contributed by atoms with E-state index in [1.165, 1.54) is 7.11 Å². The standard InChI is InChI=1S/C18H20BrNO4/c1-20-4-3-18-8-14(22)13(21)7-10(18)12(20)6-9-5-11(19)17(24-2)16(23)15(9)18/h5,10,12,23H,3-4,6-8H2,1-2H3. The molecule has 0 aromatic heterocycles. The normalized spacial score (nSPS) is 32.3. The first-order chi connectivity index (χ1) is 11.4. The van der Waals surface area contributed by atoms with Gasteiger partial charge in [-0.2, -0.15) is 0 Å². The number of halogens is 1. The number of Topliss-reactive ketones (excluding diaryl/α,β-unsaturated/α-hetero) is 2. The Bertz CT molecular complexity index is 762. The average molecular weight is 394 g/mol. The number of carbonyl (C=O) groups is 2. The number of hydrogen-bond acceptors (Lipinski definition) is 5. The van der Waals surface area contributed by atoms with E-state index in [1.807, 2.05) is 6.07 Å². The van der Waals surface area contributed by atoms with Crippen LogP contribution in [0.1, 0.15) is 30.4 Å². The van der Waals surface area contributed by atoms with Crippen LogP contribution in [0.25, 0.3) is 0 Å². The van der Waals surface area contributed by atoms with E-state index in [4.69, 9.17) is 4.74 Å². The molecule has 4 rings (SSSR count). The Balaban J connectivity index is 1.98. The third-order valence-electron chi connectivity index (χ3n) is 6.27. The molecular formula is C18H20BrNO4. The van der Waals surface area contributed by atoms with Gasteiger partial charge in [0, 0.05) is 29.9 Å². The van der Waals surface area contributed by atoms with Gasteiger partial charge in [-0.3, -0.25) is 9.59 Å². The number of rotatable bonds is 1. The maximum absolute atomic E-state index is 12.3. The molecule has 1 heterocycles. The van der Waals surface area contributed by atoms with Crippen molar-refractivity contribution in [1.82, 2.24) is 4.90 Å². The zero-order valence-electron chi connectivity index (χ0n) is 13.8. The van der Waals surface area contributed by atoms with Gasteiger partial charge in [-0.15, -0.1) is 0 Å². The molecule has 1 saturated heterocycles. The van der Waals surface area contributed by atoms with Crippen molar-refractivity contribution in [1.29, 1.82) is 0 Å². The Morgan fingerprint density at radius 1 is 1.33 bits per heavy atom. The largest absolute Gasteiger partial charge is 0.504 e. The SMILES string of the molecule is COc1c(Br)cc2c(c1O)C13CCN(C)C(C2)C1CC(=O)C(=O)C3. The summed E-state index contributed by atoms with van der Waals surface area (Å²) in [5.41, 5.74) is 1.43. The van der Waals surface area contributed by atoms with Gasteiger partial charge in [0.1, 0.15) is 0 Å². The number of ether oxygens (including phenoxy) is 1.